The van der Waals surface area contributed by atoms with Gasteiger partial charge >= 0.3 is 120 Å². The van der Waals surface area contributed by atoms with Gasteiger partial charge in [0.15, 0.2) is 0 Å². The van der Waals surface area contributed by atoms with Crippen LogP contribution < -0.4 is 0 Å². The summed E-state index contributed by atoms with van der Waals surface area (Å²) in [6.45, 7) is 5.34. The number of rotatable bonds is 8. The van der Waals surface area contributed by atoms with Gasteiger partial charge in [-0.15, -0.1) is 0 Å². The second-order valence-electron chi connectivity index (χ2n) is 4.37. The first kappa shape index (κ1) is 18.0. The van der Waals surface area contributed by atoms with Crippen molar-refractivity contribution in [2.24, 2.45) is 0 Å². The van der Waals surface area contributed by atoms with Gasteiger partial charge in [-0.2, -0.15) is 0 Å². The van der Waals surface area contributed by atoms with E-state index in [1.807, 2.05) is 0 Å². The summed E-state index contributed by atoms with van der Waals surface area (Å²) in [5, 5.41) is 18.6. The van der Waals surface area contributed by atoms with Gasteiger partial charge in [-0.3, -0.25) is 0 Å². The Bertz CT molecular complexity index is 348. The van der Waals surface area contributed by atoms with E-state index >= 15 is 0 Å². The van der Waals surface area contributed by atoms with E-state index in [4.69, 9.17) is 0 Å². The molecule has 0 saturated carbocycles. The van der Waals surface area contributed by atoms with Crippen LogP contribution in [0, 0.1) is 0 Å². The van der Waals surface area contributed by atoms with Crippen LogP contribution in [0.4, 0.5) is 0 Å². The zero-order valence-corrected chi connectivity index (χ0v) is 13.0. The summed E-state index contributed by atoms with van der Waals surface area (Å²) in [7, 11) is 0. The molecular formula is C12H18O6Ti. The first-order chi connectivity index (χ1) is 8.60. The number of carbonyl (C=O) groups is 4. The monoisotopic (exact) mass is 306 g/mol. The predicted molar refractivity (Wildman–Crippen MR) is 62.6 cm³/mol. The SMILES string of the molecule is CC[C]([Ti][C](CC)(C(C)=O)C(=O)O)(C(C)=O)C(=O)O. The molecule has 2 unspecified atom stereocenters. The number of carboxylic acids is 2. The molecule has 0 radical (unpaired) electrons. The van der Waals surface area contributed by atoms with Crippen LogP contribution in [0.2, 0.25) is 7.44 Å². The molecule has 2 atom stereocenters. The number of hydrogen-bond acceptors (Lipinski definition) is 4. The first-order valence-electron chi connectivity index (χ1n) is 5.89. The Hall–Kier alpha value is -1.01. The van der Waals surface area contributed by atoms with Crippen LogP contribution in [0.25, 0.3) is 0 Å². The summed E-state index contributed by atoms with van der Waals surface area (Å²) in [4.78, 5) is 46.3. The molecule has 0 aromatic carbocycles. The molecule has 0 aliphatic heterocycles. The number of hydrogen-bond donors (Lipinski definition) is 2. The van der Waals surface area contributed by atoms with Crippen LogP contribution >= 0.6 is 0 Å². The van der Waals surface area contributed by atoms with E-state index in [1.54, 1.807) is 0 Å². The normalized spacial score (nSPS) is 16.8. The van der Waals surface area contributed by atoms with E-state index in [2.05, 4.69) is 0 Å². The Balaban J connectivity index is 5.91. The second kappa shape index (κ2) is 6.43. The van der Waals surface area contributed by atoms with Crippen LogP contribution in [0.5, 0.6) is 0 Å². The molecular weight excluding hydrogens is 288 g/mol. The van der Waals surface area contributed by atoms with Crippen molar-refractivity contribution in [1.82, 2.24) is 0 Å². The molecule has 106 valence electrons. The van der Waals surface area contributed by atoms with Crippen molar-refractivity contribution >= 4 is 23.5 Å². The van der Waals surface area contributed by atoms with E-state index < -0.39 is 50.1 Å². The van der Waals surface area contributed by atoms with Gasteiger partial charge in [0.2, 0.25) is 0 Å². The van der Waals surface area contributed by atoms with Gasteiger partial charge < -0.3 is 0 Å². The summed E-state index contributed by atoms with van der Waals surface area (Å²) < 4.78 is -3.42. The average molecular weight is 306 g/mol. The summed E-state index contributed by atoms with van der Waals surface area (Å²) in [5.74, 6) is -3.82. The quantitative estimate of drug-likeness (QED) is 0.520. The molecule has 6 nitrogen and oxygen atoms in total. The van der Waals surface area contributed by atoms with Crippen LogP contribution in [0.3, 0.4) is 0 Å². The Morgan fingerprint density at radius 2 is 1.11 bits per heavy atom. The summed E-state index contributed by atoms with van der Waals surface area (Å²) in [6.07, 6.45) is -0.0000463. The molecule has 7 heteroatoms. The van der Waals surface area contributed by atoms with E-state index in [1.165, 1.54) is 13.8 Å². The fourth-order valence-corrected chi connectivity index (χ4v) is 4.50. The molecule has 0 spiro atoms. The van der Waals surface area contributed by atoms with E-state index in [0.29, 0.717) is 0 Å². The van der Waals surface area contributed by atoms with Gasteiger partial charge in [0.05, 0.1) is 0 Å². The van der Waals surface area contributed by atoms with Crippen molar-refractivity contribution in [1.29, 1.82) is 0 Å². The predicted octanol–water partition coefficient (Wildman–Crippen LogP) is 1.55. The molecule has 0 rings (SSSR count). The average Bonchev–Trinajstić information content (AvgIpc) is 2.29. The van der Waals surface area contributed by atoms with Crippen molar-refractivity contribution in [2.75, 3.05) is 0 Å². The number of ketones is 2. The Kier molecular flexibility index (Phi) is 6.09. The molecule has 0 amide bonds. The van der Waals surface area contributed by atoms with Crippen LogP contribution in [-0.4, -0.2) is 33.7 Å². The molecule has 0 saturated heterocycles. The molecule has 0 aromatic heterocycles. The van der Waals surface area contributed by atoms with E-state index in [9.17, 15) is 29.4 Å². The summed E-state index contributed by atoms with van der Waals surface area (Å²) in [5.41, 5.74) is 0. The standard InChI is InChI=1S/2C6H9O3.Ti/c2*1-3-5(4(2)7)6(8)9;/h2*3H2,1-2H3,(H,8,9);. The molecule has 0 aliphatic rings. The van der Waals surface area contributed by atoms with Crippen LogP contribution in [0.1, 0.15) is 40.5 Å². The minimum absolute atomic E-state index is 0.0000231. The second-order valence-corrected chi connectivity index (χ2v) is 7.42. The number of carboxylic acid groups (broad SMARTS) is 2. The molecule has 0 heterocycles. The zero-order chi connectivity index (χ0) is 15.4. The van der Waals surface area contributed by atoms with Crippen LogP contribution in [-0.2, 0) is 38.3 Å². The summed E-state index contributed by atoms with van der Waals surface area (Å²) in [6, 6.07) is 0. The maximum absolute atomic E-state index is 11.7. The fourth-order valence-electron chi connectivity index (χ4n) is 1.93. The maximum atomic E-state index is 11.7. The van der Waals surface area contributed by atoms with E-state index in [-0.39, 0.29) is 12.8 Å². The number of aliphatic carboxylic acids is 2. The number of Topliss-reactive ketones (excluding diaryl/α,β-unsaturated/α-hetero) is 2. The third kappa shape index (κ3) is 3.12. The molecule has 0 aromatic rings. The molecule has 0 bridgehead atoms. The van der Waals surface area contributed by atoms with Gasteiger partial charge in [0.25, 0.3) is 0 Å². The van der Waals surface area contributed by atoms with Gasteiger partial charge in [-0.05, 0) is 0 Å². The topological polar surface area (TPSA) is 109 Å². The zero-order valence-electron chi connectivity index (χ0n) is 11.4. The molecule has 19 heavy (non-hydrogen) atoms. The van der Waals surface area contributed by atoms with E-state index in [0.717, 1.165) is 13.8 Å². The van der Waals surface area contributed by atoms with Crippen LogP contribution in [0.15, 0.2) is 0 Å². The van der Waals surface area contributed by atoms with Crippen molar-refractivity contribution in [3.8, 4) is 0 Å². The van der Waals surface area contributed by atoms with Gasteiger partial charge in [-0.1, -0.05) is 0 Å². The minimum atomic E-state index is -1.91. The molecule has 0 fully saturated rings. The third-order valence-electron chi connectivity index (χ3n) is 3.42. The third-order valence-corrected chi connectivity index (χ3v) is 7.62. The number of carbonyl (C=O) groups excluding carboxylic acids is 2. The Labute approximate surface area is 120 Å². The summed E-state index contributed by atoms with van der Waals surface area (Å²) >= 11 is -1.91. The molecule has 0 aliphatic carbocycles. The Morgan fingerprint density at radius 3 is 1.21 bits per heavy atom. The van der Waals surface area contributed by atoms with Crippen molar-refractivity contribution in [3.05, 3.63) is 0 Å². The van der Waals surface area contributed by atoms with Gasteiger partial charge in [0.1, 0.15) is 0 Å². The van der Waals surface area contributed by atoms with Crippen molar-refractivity contribution < 1.29 is 48.5 Å². The van der Waals surface area contributed by atoms with Crippen molar-refractivity contribution in [3.63, 3.8) is 0 Å². The van der Waals surface area contributed by atoms with Gasteiger partial charge in [-0.25, -0.2) is 0 Å². The fraction of sp³-hybridized carbons (Fsp3) is 0.667. The first-order valence-corrected chi connectivity index (χ1v) is 7.45. The molecule has 2 N–H and O–H groups in total. The Morgan fingerprint density at radius 1 is 0.842 bits per heavy atom. The van der Waals surface area contributed by atoms with Crippen molar-refractivity contribution in [2.45, 2.75) is 48.0 Å². The van der Waals surface area contributed by atoms with Gasteiger partial charge in [0, 0.05) is 0 Å².